The van der Waals surface area contributed by atoms with Crippen molar-refractivity contribution in [3.8, 4) is 5.75 Å². The minimum Gasteiger partial charge on any atom is -0.496 e. The summed E-state index contributed by atoms with van der Waals surface area (Å²) >= 11 is 0. The molecule has 1 amide bonds. The second kappa shape index (κ2) is 9.38. The summed E-state index contributed by atoms with van der Waals surface area (Å²) in [4.78, 5) is 15.0. The lowest BCUT2D eigenvalue weighted by Crippen LogP contribution is -2.23. The van der Waals surface area contributed by atoms with E-state index in [0.717, 1.165) is 23.4 Å². The zero-order valence-corrected chi connectivity index (χ0v) is 16.0. The van der Waals surface area contributed by atoms with Crippen LogP contribution in [0.2, 0.25) is 0 Å². The van der Waals surface area contributed by atoms with Crippen LogP contribution in [0.1, 0.15) is 39.9 Å². The van der Waals surface area contributed by atoms with Crippen molar-refractivity contribution in [2.45, 2.75) is 32.4 Å². The Bertz CT molecular complexity index is 777. The zero-order valence-electron chi connectivity index (χ0n) is 16.0. The second-order valence-corrected chi connectivity index (χ2v) is 7.00. The number of rotatable bonds is 8. The van der Waals surface area contributed by atoms with Gasteiger partial charge in [0.15, 0.2) is 0 Å². The Hall–Kier alpha value is -2.59. The Kier molecular flexibility index (Phi) is 6.66. The lowest BCUT2D eigenvalue weighted by Gasteiger charge is -2.15. The average Bonchev–Trinajstić information content (AvgIpc) is 3.20. The van der Waals surface area contributed by atoms with Gasteiger partial charge in [0, 0.05) is 18.7 Å². The predicted octanol–water partition coefficient (Wildman–Crippen LogP) is 3.95. The summed E-state index contributed by atoms with van der Waals surface area (Å²) in [6.07, 6.45) is 5.10. The summed E-state index contributed by atoms with van der Waals surface area (Å²) in [6.45, 7) is 7.70. The van der Waals surface area contributed by atoms with E-state index in [-0.39, 0.29) is 5.91 Å². The molecule has 3 rings (SSSR count). The summed E-state index contributed by atoms with van der Waals surface area (Å²) in [5.74, 6) is 0.698. The first-order valence-electron chi connectivity index (χ1n) is 9.56. The number of hydrogen-bond acceptors (Lipinski definition) is 3. The topological polar surface area (TPSA) is 41.6 Å². The van der Waals surface area contributed by atoms with E-state index in [1.165, 1.54) is 31.5 Å². The van der Waals surface area contributed by atoms with E-state index in [9.17, 15) is 4.79 Å². The van der Waals surface area contributed by atoms with E-state index in [1.54, 1.807) is 13.2 Å². The van der Waals surface area contributed by atoms with Crippen molar-refractivity contribution in [2.24, 2.45) is 0 Å². The van der Waals surface area contributed by atoms with Crippen LogP contribution in [-0.2, 0) is 19.5 Å². The van der Waals surface area contributed by atoms with Crippen LogP contribution in [-0.4, -0.2) is 31.0 Å². The normalized spacial score (nSPS) is 14.1. The van der Waals surface area contributed by atoms with Gasteiger partial charge in [0.1, 0.15) is 5.75 Å². The van der Waals surface area contributed by atoms with Gasteiger partial charge < -0.3 is 10.1 Å². The van der Waals surface area contributed by atoms with Gasteiger partial charge in [-0.1, -0.05) is 30.3 Å². The van der Waals surface area contributed by atoms with E-state index < -0.39 is 0 Å². The molecule has 0 atom stereocenters. The molecule has 4 heteroatoms. The number of carbonyl (C=O) groups is 1. The molecule has 0 spiro atoms. The minimum absolute atomic E-state index is 0.0795. The molecule has 0 saturated carbocycles. The van der Waals surface area contributed by atoms with E-state index in [4.69, 9.17) is 4.74 Å². The summed E-state index contributed by atoms with van der Waals surface area (Å²) in [5, 5.41) is 3.00. The Labute approximate surface area is 161 Å². The monoisotopic (exact) mass is 364 g/mol. The molecule has 27 heavy (non-hydrogen) atoms. The Morgan fingerprint density at radius 1 is 1.15 bits per heavy atom. The number of nitrogens with one attached hydrogen (secondary N) is 1. The molecule has 1 N–H and O–H groups in total. The fourth-order valence-electron chi connectivity index (χ4n) is 3.48. The molecule has 4 nitrogen and oxygen atoms in total. The highest BCUT2D eigenvalue weighted by atomic mass is 16.5. The standard InChI is InChI=1S/C23H28N2O2/c1-3-6-20-15-21(11-12-22(20)27-2)23(26)24-16-18-7-9-19(10-8-18)17-25-13-4-5-14-25/h3,7-12,15H,1,4-6,13-14,16-17H2,2H3,(H,24,26). The quantitative estimate of drug-likeness (QED) is 0.721. The number of likely N-dealkylation sites (tertiary alicyclic amines) is 1. The third-order valence-corrected chi connectivity index (χ3v) is 4.99. The van der Waals surface area contributed by atoms with Crippen molar-refractivity contribution in [1.82, 2.24) is 10.2 Å². The number of hydrogen-bond donors (Lipinski definition) is 1. The van der Waals surface area contributed by atoms with Crippen molar-refractivity contribution < 1.29 is 9.53 Å². The molecule has 0 aromatic heterocycles. The first-order chi connectivity index (χ1) is 13.2. The van der Waals surface area contributed by atoms with Gasteiger partial charge in [-0.15, -0.1) is 6.58 Å². The van der Waals surface area contributed by atoms with Crippen molar-refractivity contribution >= 4 is 5.91 Å². The summed E-state index contributed by atoms with van der Waals surface area (Å²) in [5.41, 5.74) is 4.04. The molecule has 142 valence electrons. The van der Waals surface area contributed by atoms with E-state index in [0.29, 0.717) is 18.5 Å². The van der Waals surface area contributed by atoms with Crippen molar-refractivity contribution in [2.75, 3.05) is 20.2 Å². The maximum Gasteiger partial charge on any atom is 0.251 e. The van der Waals surface area contributed by atoms with Crippen LogP contribution in [0.25, 0.3) is 0 Å². The van der Waals surface area contributed by atoms with Gasteiger partial charge in [-0.3, -0.25) is 9.69 Å². The molecule has 2 aromatic carbocycles. The number of allylic oxidation sites excluding steroid dienone is 1. The lowest BCUT2D eigenvalue weighted by atomic mass is 10.1. The fraction of sp³-hybridized carbons (Fsp3) is 0.348. The summed E-state index contributed by atoms with van der Waals surface area (Å²) in [7, 11) is 1.63. The maximum atomic E-state index is 12.5. The average molecular weight is 364 g/mol. The third kappa shape index (κ3) is 5.20. The highest BCUT2D eigenvalue weighted by Crippen LogP contribution is 2.21. The van der Waals surface area contributed by atoms with Gasteiger partial charge in [-0.05, 0) is 67.2 Å². The predicted molar refractivity (Wildman–Crippen MR) is 109 cm³/mol. The lowest BCUT2D eigenvalue weighted by molar-refractivity contribution is 0.0951. The molecular formula is C23H28N2O2. The minimum atomic E-state index is -0.0795. The maximum absolute atomic E-state index is 12.5. The molecule has 1 aliphatic rings. The van der Waals surface area contributed by atoms with Crippen molar-refractivity contribution in [1.29, 1.82) is 0 Å². The van der Waals surface area contributed by atoms with Crippen molar-refractivity contribution in [3.05, 3.63) is 77.4 Å². The molecular weight excluding hydrogens is 336 g/mol. The van der Waals surface area contributed by atoms with Crippen LogP contribution < -0.4 is 10.1 Å². The first kappa shape index (κ1) is 19.2. The molecule has 1 aliphatic heterocycles. The Morgan fingerprint density at radius 2 is 1.85 bits per heavy atom. The number of ether oxygens (including phenoxy) is 1. The molecule has 0 unspecified atom stereocenters. The van der Waals surface area contributed by atoms with Gasteiger partial charge in [0.05, 0.1) is 7.11 Å². The van der Waals surface area contributed by atoms with Gasteiger partial charge in [-0.2, -0.15) is 0 Å². The van der Waals surface area contributed by atoms with Gasteiger partial charge in [0.2, 0.25) is 0 Å². The van der Waals surface area contributed by atoms with E-state index in [1.807, 2.05) is 18.2 Å². The fourth-order valence-corrected chi connectivity index (χ4v) is 3.48. The molecule has 1 saturated heterocycles. The van der Waals surface area contributed by atoms with Crippen LogP contribution in [0.3, 0.4) is 0 Å². The van der Waals surface area contributed by atoms with Crippen LogP contribution in [0, 0.1) is 0 Å². The smallest absolute Gasteiger partial charge is 0.251 e. The van der Waals surface area contributed by atoms with E-state index >= 15 is 0 Å². The second-order valence-electron chi connectivity index (χ2n) is 7.00. The number of nitrogens with zero attached hydrogens (tertiary/aromatic N) is 1. The molecule has 1 fully saturated rings. The molecule has 0 aliphatic carbocycles. The van der Waals surface area contributed by atoms with Crippen LogP contribution >= 0.6 is 0 Å². The molecule has 0 radical (unpaired) electrons. The van der Waals surface area contributed by atoms with Gasteiger partial charge in [-0.25, -0.2) is 0 Å². The Morgan fingerprint density at radius 3 is 2.52 bits per heavy atom. The first-order valence-corrected chi connectivity index (χ1v) is 9.56. The van der Waals surface area contributed by atoms with Crippen molar-refractivity contribution in [3.63, 3.8) is 0 Å². The molecule has 0 bridgehead atoms. The van der Waals surface area contributed by atoms with Gasteiger partial charge >= 0.3 is 0 Å². The third-order valence-electron chi connectivity index (χ3n) is 4.99. The van der Waals surface area contributed by atoms with Gasteiger partial charge in [0.25, 0.3) is 5.91 Å². The molecule has 1 heterocycles. The van der Waals surface area contributed by atoms with Crippen LogP contribution in [0.15, 0.2) is 55.1 Å². The summed E-state index contributed by atoms with van der Waals surface area (Å²) < 4.78 is 5.34. The highest BCUT2D eigenvalue weighted by molar-refractivity contribution is 5.94. The van der Waals surface area contributed by atoms with Crippen LogP contribution in [0.5, 0.6) is 5.75 Å². The zero-order chi connectivity index (χ0) is 19.1. The number of amides is 1. The van der Waals surface area contributed by atoms with E-state index in [2.05, 4.69) is 41.1 Å². The number of carbonyl (C=O) groups excluding carboxylic acids is 1. The number of benzene rings is 2. The Balaban J connectivity index is 1.56. The molecule has 2 aromatic rings. The number of methoxy groups -OCH3 is 1. The SMILES string of the molecule is C=CCc1cc(C(=O)NCc2ccc(CN3CCCC3)cc2)ccc1OC. The van der Waals surface area contributed by atoms with Crippen LogP contribution in [0.4, 0.5) is 0 Å². The summed E-state index contributed by atoms with van der Waals surface area (Å²) in [6, 6.07) is 14.0. The largest absolute Gasteiger partial charge is 0.496 e. The highest BCUT2D eigenvalue weighted by Gasteiger charge is 2.12.